The van der Waals surface area contributed by atoms with Gasteiger partial charge in [0.05, 0.1) is 6.54 Å². The van der Waals surface area contributed by atoms with Crippen LogP contribution in [0.1, 0.15) is 16.7 Å². The Balaban J connectivity index is 3.03. The maximum Gasteiger partial charge on any atom is 0.235 e. The van der Waals surface area contributed by atoms with Crippen molar-refractivity contribution in [3.63, 3.8) is 0 Å². The molecule has 0 aliphatic rings. The Hall–Kier alpha value is -1.40. The van der Waals surface area contributed by atoms with Gasteiger partial charge in [-0.25, -0.2) is 9.79 Å². The molecule has 0 unspecified atom stereocenters. The second-order valence-electron chi connectivity index (χ2n) is 2.78. The number of isocyanates is 1. The topological polar surface area (TPSA) is 29.4 Å². The first kappa shape index (κ1) is 8.69. The minimum atomic E-state index is 0.446. The fourth-order valence-electron chi connectivity index (χ4n) is 1.21. The molecule has 0 radical (unpaired) electrons. The van der Waals surface area contributed by atoms with Gasteiger partial charge in [0.2, 0.25) is 6.08 Å². The molecule has 0 heterocycles. The maximum atomic E-state index is 9.91. The largest absolute Gasteiger partial charge is 0.235 e. The number of aryl methyl sites for hydroxylation is 2. The first-order valence-corrected chi connectivity index (χ1v) is 3.84. The van der Waals surface area contributed by atoms with E-state index in [1.807, 2.05) is 32.0 Å². The van der Waals surface area contributed by atoms with Crippen LogP contribution in [0.15, 0.2) is 23.2 Å². The number of hydrogen-bond donors (Lipinski definition) is 0. The molecule has 0 atom stereocenters. The minimum Gasteiger partial charge on any atom is -0.211 e. The normalized spacial score (nSPS) is 9.17. The predicted octanol–water partition coefficient (Wildman–Crippen LogP) is 2.14. The quantitative estimate of drug-likeness (QED) is 0.482. The molecule has 0 aromatic heterocycles. The van der Waals surface area contributed by atoms with Crippen LogP contribution in [0, 0.1) is 13.8 Å². The Kier molecular flexibility index (Phi) is 2.78. The summed E-state index contributed by atoms with van der Waals surface area (Å²) in [4.78, 5) is 13.5. The van der Waals surface area contributed by atoms with Crippen molar-refractivity contribution in [3.05, 3.63) is 34.9 Å². The summed E-state index contributed by atoms with van der Waals surface area (Å²) in [6, 6.07) is 6.03. The van der Waals surface area contributed by atoms with Crippen molar-refractivity contribution >= 4 is 6.08 Å². The summed E-state index contributed by atoms with van der Waals surface area (Å²) in [5.41, 5.74) is 3.48. The zero-order valence-electron chi connectivity index (χ0n) is 7.29. The standard InChI is InChI=1S/C10H11NO/c1-8-4-3-5-9(2)10(8)6-11-7-12/h3-5H,6H2,1-2H3. The van der Waals surface area contributed by atoms with Gasteiger partial charge in [0, 0.05) is 0 Å². The summed E-state index contributed by atoms with van der Waals surface area (Å²) in [5, 5.41) is 0. The summed E-state index contributed by atoms with van der Waals surface area (Å²) >= 11 is 0. The second kappa shape index (κ2) is 3.84. The molecule has 62 valence electrons. The molecular weight excluding hydrogens is 150 g/mol. The van der Waals surface area contributed by atoms with Gasteiger partial charge in [-0.3, -0.25) is 0 Å². The summed E-state index contributed by atoms with van der Waals surface area (Å²) in [6.07, 6.45) is 1.55. The number of aliphatic imine (C=N–C) groups is 1. The lowest BCUT2D eigenvalue weighted by molar-refractivity contribution is 0.562. The lowest BCUT2D eigenvalue weighted by Gasteiger charge is -2.04. The van der Waals surface area contributed by atoms with Crippen LogP contribution in [0.4, 0.5) is 0 Å². The number of rotatable bonds is 2. The van der Waals surface area contributed by atoms with Gasteiger partial charge in [0.25, 0.3) is 0 Å². The molecule has 0 amide bonds. The van der Waals surface area contributed by atoms with Gasteiger partial charge in [-0.15, -0.1) is 0 Å². The van der Waals surface area contributed by atoms with Crippen LogP contribution in [-0.4, -0.2) is 6.08 Å². The summed E-state index contributed by atoms with van der Waals surface area (Å²) in [6.45, 7) is 4.48. The highest BCUT2D eigenvalue weighted by Crippen LogP contribution is 2.13. The van der Waals surface area contributed by atoms with E-state index >= 15 is 0 Å². The van der Waals surface area contributed by atoms with E-state index in [1.165, 1.54) is 11.1 Å². The zero-order valence-corrected chi connectivity index (χ0v) is 7.29. The smallest absolute Gasteiger partial charge is 0.211 e. The predicted molar refractivity (Wildman–Crippen MR) is 47.7 cm³/mol. The molecular formula is C10H11NO. The lowest BCUT2D eigenvalue weighted by atomic mass is 10.0. The number of nitrogens with zero attached hydrogens (tertiary/aromatic N) is 1. The lowest BCUT2D eigenvalue weighted by Crippen LogP contribution is -1.90. The molecule has 0 spiro atoms. The van der Waals surface area contributed by atoms with E-state index in [4.69, 9.17) is 0 Å². The van der Waals surface area contributed by atoms with Gasteiger partial charge in [0.1, 0.15) is 0 Å². The Labute approximate surface area is 71.9 Å². The molecule has 0 bridgehead atoms. The summed E-state index contributed by atoms with van der Waals surface area (Å²) < 4.78 is 0. The fraction of sp³-hybridized carbons (Fsp3) is 0.300. The Morgan fingerprint density at radius 3 is 2.42 bits per heavy atom. The first-order chi connectivity index (χ1) is 5.75. The molecule has 12 heavy (non-hydrogen) atoms. The average Bonchev–Trinajstić information content (AvgIpc) is 2.04. The summed E-state index contributed by atoms with van der Waals surface area (Å²) in [5.74, 6) is 0. The van der Waals surface area contributed by atoms with Gasteiger partial charge in [-0.05, 0) is 30.5 Å². The molecule has 2 heteroatoms. The molecule has 0 aliphatic heterocycles. The van der Waals surface area contributed by atoms with E-state index in [1.54, 1.807) is 6.08 Å². The van der Waals surface area contributed by atoms with Crippen LogP contribution < -0.4 is 0 Å². The molecule has 1 aromatic rings. The van der Waals surface area contributed by atoms with Crippen LogP contribution in [0.2, 0.25) is 0 Å². The van der Waals surface area contributed by atoms with E-state index in [9.17, 15) is 4.79 Å². The number of carbonyl (C=O) groups excluding carboxylic acids is 1. The van der Waals surface area contributed by atoms with E-state index in [0.717, 1.165) is 5.56 Å². The van der Waals surface area contributed by atoms with Crippen LogP contribution in [0.5, 0.6) is 0 Å². The van der Waals surface area contributed by atoms with Crippen molar-refractivity contribution in [1.29, 1.82) is 0 Å². The molecule has 0 aliphatic carbocycles. The molecule has 1 rings (SSSR count). The number of benzene rings is 1. The third-order valence-corrected chi connectivity index (χ3v) is 1.95. The SMILES string of the molecule is Cc1cccc(C)c1CN=C=O. The van der Waals surface area contributed by atoms with Gasteiger partial charge in [-0.1, -0.05) is 18.2 Å². The highest BCUT2D eigenvalue weighted by atomic mass is 16.1. The second-order valence-corrected chi connectivity index (χ2v) is 2.78. The van der Waals surface area contributed by atoms with Crippen molar-refractivity contribution in [2.45, 2.75) is 20.4 Å². The third kappa shape index (κ3) is 1.80. The van der Waals surface area contributed by atoms with E-state index in [-0.39, 0.29) is 0 Å². The first-order valence-electron chi connectivity index (χ1n) is 3.84. The van der Waals surface area contributed by atoms with Gasteiger partial charge in [0.15, 0.2) is 0 Å². The monoisotopic (exact) mass is 161 g/mol. The Bertz CT molecular complexity index is 304. The molecule has 0 N–H and O–H groups in total. The minimum absolute atomic E-state index is 0.446. The van der Waals surface area contributed by atoms with E-state index in [0.29, 0.717) is 6.54 Å². The fourth-order valence-corrected chi connectivity index (χ4v) is 1.21. The summed E-state index contributed by atoms with van der Waals surface area (Å²) in [7, 11) is 0. The Morgan fingerprint density at radius 1 is 1.33 bits per heavy atom. The van der Waals surface area contributed by atoms with Crippen LogP contribution >= 0.6 is 0 Å². The van der Waals surface area contributed by atoms with Crippen LogP contribution in [-0.2, 0) is 11.3 Å². The van der Waals surface area contributed by atoms with E-state index in [2.05, 4.69) is 4.99 Å². The van der Waals surface area contributed by atoms with Crippen molar-refractivity contribution in [3.8, 4) is 0 Å². The van der Waals surface area contributed by atoms with Crippen molar-refractivity contribution < 1.29 is 4.79 Å². The van der Waals surface area contributed by atoms with Gasteiger partial charge < -0.3 is 0 Å². The molecule has 2 nitrogen and oxygen atoms in total. The molecule has 0 saturated carbocycles. The van der Waals surface area contributed by atoms with Crippen molar-refractivity contribution in [2.75, 3.05) is 0 Å². The highest BCUT2D eigenvalue weighted by Gasteiger charge is 1.99. The van der Waals surface area contributed by atoms with E-state index < -0.39 is 0 Å². The highest BCUT2D eigenvalue weighted by molar-refractivity contribution is 5.37. The average molecular weight is 161 g/mol. The van der Waals surface area contributed by atoms with Crippen LogP contribution in [0.25, 0.3) is 0 Å². The molecule has 1 aromatic carbocycles. The Morgan fingerprint density at radius 2 is 1.92 bits per heavy atom. The molecule has 0 saturated heterocycles. The van der Waals surface area contributed by atoms with Gasteiger partial charge in [-0.2, -0.15) is 0 Å². The van der Waals surface area contributed by atoms with Crippen molar-refractivity contribution in [2.24, 2.45) is 4.99 Å². The number of hydrogen-bond acceptors (Lipinski definition) is 2. The zero-order chi connectivity index (χ0) is 8.97. The maximum absolute atomic E-state index is 9.91. The van der Waals surface area contributed by atoms with Crippen molar-refractivity contribution in [1.82, 2.24) is 0 Å². The third-order valence-electron chi connectivity index (χ3n) is 1.95. The van der Waals surface area contributed by atoms with Crippen LogP contribution in [0.3, 0.4) is 0 Å². The van der Waals surface area contributed by atoms with Gasteiger partial charge >= 0.3 is 0 Å². The molecule has 0 fully saturated rings.